The van der Waals surface area contributed by atoms with Crippen molar-refractivity contribution in [3.8, 4) is 0 Å². The average molecular weight is 158 g/mol. The topological polar surface area (TPSA) is 24.1 Å². The van der Waals surface area contributed by atoms with E-state index < -0.39 is 6.17 Å². The summed E-state index contributed by atoms with van der Waals surface area (Å²) in [7, 11) is 0. The fourth-order valence-electron chi connectivity index (χ4n) is 1.51. The van der Waals surface area contributed by atoms with E-state index in [4.69, 9.17) is 0 Å². The van der Waals surface area contributed by atoms with E-state index in [1.54, 1.807) is 0 Å². The summed E-state index contributed by atoms with van der Waals surface area (Å²) in [5.41, 5.74) is 0. The van der Waals surface area contributed by atoms with Gasteiger partial charge in [0, 0.05) is 31.6 Å². The van der Waals surface area contributed by atoms with Crippen LogP contribution in [0.1, 0.15) is 12.8 Å². The Balaban J connectivity index is 1.67. The lowest BCUT2D eigenvalue weighted by molar-refractivity contribution is 0.276. The molecule has 1 aliphatic heterocycles. The fourth-order valence-corrected chi connectivity index (χ4v) is 1.51. The highest BCUT2D eigenvalue weighted by Crippen LogP contribution is 2.20. The smallest absolute Gasteiger partial charge is 0.118 e. The van der Waals surface area contributed by atoms with Gasteiger partial charge in [-0.25, -0.2) is 4.39 Å². The molecule has 0 aromatic heterocycles. The van der Waals surface area contributed by atoms with Crippen molar-refractivity contribution in [3.05, 3.63) is 0 Å². The molecule has 2 nitrogen and oxygen atoms in total. The molecule has 1 saturated heterocycles. The summed E-state index contributed by atoms with van der Waals surface area (Å²) in [6.45, 7) is 2.26. The van der Waals surface area contributed by atoms with Crippen molar-refractivity contribution in [2.24, 2.45) is 5.92 Å². The summed E-state index contributed by atoms with van der Waals surface area (Å²) in [6, 6.07) is 0.711. The van der Waals surface area contributed by atoms with Crippen LogP contribution in [0.2, 0.25) is 0 Å². The van der Waals surface area contributed by atoms with Gasteiger partial charge in [0.05, 0.1) is 0 Å². The van der Waals surface area contributed by atoms with Crippen molar-refractivity contribution < 1.29 is 4.39 Å². The maximum Gasteiger partial charge on any atom is 0.118 e. The summed E-state index contributed by atoms with van der Waals surface area (Å²) in [5.74, 6) is 0.218. The molecular weight excluding hydrogens is 143 g/mol. The first-order valence-electron chi connectivity index (χ1n) is 4.44. The van der Waals surface area contributed by atoms with Gasteiger partial charge in [0.1, 0.15) is 6.17 Å². The largest absolute Gasteiger partial charge is 0.314 e. The number of alkyl halides is 1. The third-order valence-electron chi connectivity index (χ3n) is 2.50. The lowest BCUT2D eigenvalue weighted by Gasteiger charge is -2.11. The van der Waals surface area contributed by atoms with Crippen LogP contribution in [-0.2, 0) is 0 Å². The van der Waals surface area contributed by atoms with Gasteiger partial charge in [0.25, 0.3) is 0 Å². The monoisotopic (exact) mass is 158 g/mol. The maximum atomic E-state index is 13.0. The molecule has 0 radical (unpaired) electrons. The lowest BCUT2D eigenvalue weighted by Crippen LogP contribution is -2.29. The average Bonchev–Trinajstić information content (AvgIpc) is 2.73. The molecule has 11 heavy (non-hydrogen) atoms. The highest BCUT2D eigenvalue weighted by Gasteiger charge is 2.28. The number of hydrogen-bond acceptors (Lipinski definition) is 2. The molecule has 3 heteroatoms. The van der Waals surface area contributed by atoms with Crippen LogP contribution >= 0.6 is 0 Å². The van der Waals surface area contributed by atoms with Gasteiger partial charge in [-0.05, 0) is 12.8 Å². The number of halogens is 1. The zero-order valence-corrected chi connectivity index (χ0v) is 6.65. The van der Waals surface area contributed by atoms with E-state index in [2.05, 4.69) is 10.6 Å². The molecule has 0 bridgehead atoms. The lowest BCUT2D eigenvalue weighted by atomic mass is 10.1. The van der Waals surface area contributed by atoms with Crippen molar-refractivity contribution in [1.82, 2.24) is 10.6 Å². The van der Waals surface area contributed by atoms with Crippen LogP contribution in [0.15, 0.2) is 0 Å². The molecule has 2 unspecified atom stereocenters. The standard InChI is InChI=1S/C8H15FN2/c9-8-5-10-3-6(8)4-11-7-1-2-7/h6-8,10-11H,1-5H2. The molecule has 2 rings (SSSR count). The zero-order chi connectivity index (χ0) is 7.68. The second kappa shape index (κ2) is 3.07. The summed E-state index contributed by atoms with van der Waals surface area (Å²) < 4.78 is 13.0. The summed E-state index contributed by atoms with van der Waals surface area (Å²) in [6.07, 6.45) is 1.95. The molecule has 2 N–H and O–H groups in total. The Labute approximate surface area is 66.5 Å². The zero-order valence-electron chi connectivity index (χ0n) is 6.65. The van der Waals surface area contributed by atoms with E-state index in [0.29, 0.717) is 12.6 Å². The van der Waals surface area contributed by atoms with E-state index >= 15 is 0 Å². The van der Waals surface area contributed by atoms with Gasteiger partial charge in [-0.2, -0.15) is 0 Å². The van der Waals surface area contributed by atoms with E-state index in [-0.39, 0.29) is 5.92 Å². The van der Waals surface area contributed by atoms with E-state index in [9.17, 15) is 4.39 Å². The molecule has 1 aliphatic carbocycles. The van der Waals surface area contributed by atoms with Gasteiger partial charge in [-0.1, -0.05) is 0 Å². The number of rotatable bonds is 3. The van der Waals surface area contributed by atoms with Crippen molar-refractivity contribution >= 4 is 0 Å². The predicted octanol–water partition coefficient (Wildman–Crippen LogP) is 0.296. The van der Waals surface area contributed by atoms with E-state index in [0.717, 1.165) is 13.1 Å². The molecule has 0 aromatic carbocycles. The molecule has 0 aromatic rings. The van der Waals surface area contributed by atoms with Crippen LogP contribution in [0.5, 0.6) is 0 Å². The molecule has 2 aliphatic rings. The Kier molecular flexibility index (Phi) is 2.09. The molecule has 1 heterocycles. The Bertz CT molecular complexity index is 136. The normalized spacial score (nSPS) is 37.9. The molecule has 1 saturated carbocycles. The summed E-state index contributed by atoms with van der Waals surface area (Å²) in [4.78, 5) is 0. The summed E-state index contributed by atoms with van der Waals surface area (Å²) in [5, 5.41) is 6.40. The van der Waals surface area contributed by atoms with Gasteiger partial charge in [0.2, 0.25) is 0 Å². The number of hydrogen-bond donors (Lipinski definition) is 2. The minimum atomic E-state index is -0.624. The third kappa shape index (κ3) is 1.91. The first kappa shape index (κ1) is 7.50. The van der Waals surface area contributed by atoms with Crippen molar-refractivity contribution in [1.29, 1.82) is 0 Å². The van der Waals surface area contributed by atoms with Gasteiger partial charge >= 0.3 is 0 Å². The van der Waals surface area contributed by atoms with Crippen LogP contribution in [-0.4, -0.2) is 31.8 Å². The van der Waals surface area contributed by atoms with Gasteiger partial charge in [-0.15, -0.1) is 0 Å². The first-order valence-corrected chi connectivity index (χ1v) is 4.44. The second-order valence-electron chi connectivity index (χ2n) is 3.62. The molecule has 2 atom stereocenters. The fraction of sp³-hybridized carbons (Fsp3) is 1.00. The second-order valence-corrected chi connectivity index (χ2v) is 3.62. The Morgan fingerprint density at radius 1 is 1.36 bits per heavy atom. The highest BCUT2D eigenvalue weighted by atomic mass is 19.1. The molecule has 0 spiro atoms. The highest BCUT2D eigenvalue weighted by molar-refractivity contribution is 4.87. The Morgan fingerprint density at radius 3 is 2.73 bits per heavy atom. The van der Waals surface area contributed by atoms with Gasteiger partial charge < -0.3 is 10.6 Å². The molecule has 0 amide bonds. The van der Waals surface area contributed by atoms with Crippen molar-refractivity contribution in [2.75, 3.05) is 19.6 Å². The van der Waals surface area contributed by atoms with Crippen molar-refractivity contribution in [2.45, 2.75) is 25.1 Å². The van der Waals surface area contributed by atoms with Gasteiger partial charge in [0.15, 0.2) is 0 Å². The van der Waals surface area contributed by atoms with Crippen LogP contribution in [0.25, 0.3) is 0 Å². The van der Waals surface area contributed by atoms with E-state index in [1.807, 2.05) is 0 Å². The third-order valence-corrected chi connectivity index (χ3v) is 2.50. The van der Waals surface area contributed by atoms with Crippen LogP contribution in [0, 0.1) is 5.92 Å². The van der Waals surface area contributed by atoms with Crippen LogP contribution in [0.3, 0.4) is 0 Å². The van der Waals surface area contributed by atoms with E-state index in [1.165, 1.54) is 12.8 Å². The predicted molar refractivity (Wildman–Crippen MR) is 42.3 cm³/mol. The number of nitrogens with one attached hydrogen (secondary N) is 2. The van der Waals surface area contributed by atoms with Crippen LogP contribution in [0.4, 0.5) is 4.39 Å². The molecule has 64 valence electrons. The van der Waals surface area contributed by atoms with Gasteiger partial charge in [-0.3, -0.25) is 0 Å². The quantitative estimate of drug-likeness (QED) is 0.617. The minimum Gasteiger partial charge on any atom is -0.314 e. The first-order chi connectivity index (χ1) is 5.36. The minimum absolute atomic E-state index is 0.218. The maximum absolute atomic E-state index is 13.0. The molecular formula is C8H15FN2. The Hall–Kier alpha value is -0.150. The van der Waals surface area contributed by atoms with Crippen LogP contribution < -0.4 is 10.6 Å². The molecule has 2 fully saturated rings. The SMILES string of the molecule is FC1CNCC1CNC1CC1. The summed E-state index contributed by atoms with van der Waals surface area (Å²) >= 11 is 0. The van der Waals surface area contributed by atoms with Crippen molar-refractivity contribution in [3.63, 3.8) is 0 Å². The Morgan fingerprint density at radius 2 is 2.18 bits per heavy atom.